The molecule has 1 saturated carbocycles. The van der Waals surface area contributed by atoms with Crippen molar-refractivity contribution in [2.45, 2.75) is 30.3 Å². The van der Waals surface area contributed by atoms with Crippen molar-refractivity contribution in [3.63, 3.8) is 0 Å². The second kappa shape index (κ2) is 6.04. The predicted molar refractivity (Wildman–Crippen MR) is 71.6 cm³/mol. The van der Waals surface area contributed by atoms with Crippen LogP contribution in [0.2, 0.25) is 0 Å². The van der Waals surface area contributed by atoms with E-state index in [0.717, 1.165) is 18.6 Å². The number of halogens is 1. The van der Waals surface area contributed by atoms with Crippen molar-refractivity contribution in [3.05, 3.63) is 34.1 Å². The fourth-order valence-corrected chi connectivity index (χ4v) is 3.66. The molecule has 2 N–H and O–H groups in total. The molecule has 1 fully saturated rings. The molecule has 0 aliphatic heterocycles. The highest BCUT2D eigenvalue weighted by molar-refractivity contribution is 7.89. The Morgan fingerprint density at radius 3 is 2.71 bits per heavy atom. The third kappa shape index (κ3) is 3.55. The first-order chi connectivity index (χ1) is 9.81. The molecular formula is C12H15FN2O5S. The summed E-state index contributed by atoms with van der Waals surface area (Å²) in [6.45, 7) is -0.00195. The molecule has 0 aromatic heterocycles. The molecule has 2 rings (SSSR count). The number of nitrogens with zero attached hydrogens (tertiary/aromatic N) is 1. The summed E-state index contributed by atoms with van der Waals surface area (Å²) in [5, 5.41) is 20.5. The minimum absolute atomic E-state index is 0.00195. The summed E-state index contributed by atoms with van der Waals surface area (Å²) in [4.78, 5) is 9.32. The van der Waals surface area contributed by atoms with E-state index in [9.17, 15) is 28.0 Å². The monoisotopic (exact) mass is 318 g/mol. The Balaban J connectivity index is 2.21. The Hall–Kier alpha value is -1.58. The molecule has 1 aromatic rings. The van der Waals surface area contributed by atoms with E-state index in [2.05, 4.69) is 4.72 Å². The van der Waals surface area contributed by atoms with Crippen LogP contribution in [0.25, 0.3) is 0 Å². The van der Waals surface area contributed by atoms with Gasteiger partial charge < -0.3 is 5.11 Å². The summed E-state index contributed by atoms with van der Waals surface area (Å²) in [5.74, 6) is -1.09. The molecule has 1 aromatic carbocycles. The van der Waals surface area contributed by atoms with Crippen LogP contribution in [0.3, 0.4) is 0 Å². The van der Waals surface area contributed by atoms with E-state index < -0.39 is 37.5 Å². The lowest BCUT2D eigenvalue weighted by Crippen LogP contribution is -2.32. The number of rotatable bonds is 5. The third-order valence-electron chi connectivity index (χ3n) is 3.56. The number of aliphatic hydroxyl groups excluding tert-OH is 1. The highest BCUT2D eigenvalue weighted by Gasteiger charge is 2.30. The second-order valence-electron chi connectivity index (χ2n) is 4.98. The third-order valence-corrected chi connectivity index (χ3v) is 5.03. The molecule has 0 bridgehead atoms. The van der Waals surface area contributed by atoms with Gasteiger partial charge in [-0.1, -0.05) is 6.42 Å². The summed E-state index contributed by atoms with van der Waals surface area (Å²) in [6, 6.07) is 2.28. The highest BCUT2D eigenvalue weighted by Crippen LogP contribution is 2.27. The number of benzene rings is 1. The SMILES string of the molecule is O=[N+]([O-])c1cc(F)ccc1S(=O)(=O)NCC1CCCC1O. The fourth-order valence-electron chi connectivity index (χ4n) is 2.41. The van der Waals surface area contributed by atoms with Gasteiger partial charge in [0.1, 0.15) is 5.82 Å². The number of aliphatic hydroxyl groups is 1. The summed E-state index contributed by atoms with van der Waals surface area (Å²) < 4.78 is 39.5. The Bertz CT molecular complexity index is 649. The number of sulfonamides is 1. The van der Waals surface area contributed by atoms with Gasteiger partial charge in [0.05, 0.1) is 17.1 Å². The molecule has 0 saturated heterocycles. The summed E-state index contributed by atoms with van der Waals surface area (Å²) >= 11 is 0. The van der Waals surface area contributed by atoms with Gasteiger partial charge in [-0.3, -0.25) is 10.1 Å². The first kappa shape index (κ1) is 15.8. The lowest BCUT2D eigenvalue weighted by molar-refractivity contribution is -0.388. The molecule has 2 unspecified atom stereocenters. The summed E-state index contributed by atoms with van der Waals surface area (Å²) in [5.41, 5.74) is -0.811. The van der Waals surface area contributed by atoms with Gasteiger partial charge in [0.15, 0.2) is 4.90 Å². The standard InChI is InChI=1S/C12H15FN2O5S/c13-9-4-5-12(10(6-9)15(17)18)21(19,20)14-7-8-2-1-3-11(8)16/h4-6,8,11,14,16H,1-3,7H2. The van der Waals surface area contributed by atoms with E-state index in [-0.39, 0.29) is 12.5 Å². The number of hydrogen-bond donors (Lipinski definition) is 2. The van der Waals surface area contributed by atoms with Crippen LogP contribution in [0, 0.1) is 21.8 Å². The second-order valence-corrected chi connectivity index (χ2v) is 6.71. The van der Waals surface area contributed by atoms with Crippen LogP contribution in [-0.2, 0) is 10.0 Å². The van der Waals surface area contributed by atoms with Crippen molar-refractivity contribution in [1.82, 2.24) is 4.72 Å². The van der Waals surface area contributed by atoms with Crippen molar-refractivity contribution < 1.29 is 22.8 Å². The van der Waals surface area contributed by atoms with E-state index in [0.29, 0.717) is 18.9 Å². The van der Waals surface area contributed by atoms with Crippen molar-refractivity contribution in [2.24, 2.45) is 5.92 Å². The number of nitrogens with one attached hydrogen (secondary N) is 1. The number of nitro groups is 1. The van der Waals surface area contributed by atoms with Gasteiger partial charge in [-0.25, -0.2) is 17.5 Å². The molecule has 0 radical (unpaired) electrons. The van der Waals surface area contributed by atoms with E-state index in [4.69, 9.17) is 0 Å². The van der Waals surface area contributed by atoms with Crippen molar-refractivity contribution in [2.75, 3.05) is 6.54 Å². The molecule has 7 nitrogen and oxygen atoms in total. The van der Waals surface area contributed by atoms with Gasteiger partial charge in [0.2, 0.25) is 10.0 Å². The highest BCUT2D eigenvalue weighted by atomic mass is 32.2. The van der Waals surface area contributed by atoms with Gasteiger partial charge in [-0.2, -0.15) is 0 Å². The first-order valence-electron chi connectivity index (χ1n) is 6.43. The average molecular weight is 318 g/mol. The molecule has 0 spiro atoms. The van der Waals surface area contributed by atoms with Gasteiger partial charge in [-0.05, 0) is 30.9 Å². The minimum Gasteiger partial charge on any atom is -0.393 e. The molecular weight excluding hydrogens is 303 g/mol. The van der Waals surface area contributed by atoms with Crippen LogP contribution in [0.15, 0.2) is 23.1 Å². The van der Waals surface area contributed by atoms with Gasteiger partial charge >= 0.3 is 0 Å². The largest absolute Gasteiger partial charge is 0.393 e. The Morgan fingerprint density at radius 2 is 2.14 bits per heavy atom. The van der Waals surface area contributed by atoms with E-state index in [1.165, 1.54) is 0 Å². The van der Waals surface area contributed by atoms with Gasteiger partial charge in [-0.15, -0.1) is 0 Å². The molecule has 0 heterocycles. The quantitative estimate of drug-likeness (QED) is 0.625. The maximum atomic E-state index is 13.0. The molecule has 1 aliphatic rings. The zero-order valence-corrected chi connectivity index (χ0v) is 11.8. The predicted octanol–water partition coefficient (Wildman–Crippen LogP) is 1.17. The zero-order valence-electron chi connectivity index (χ0n) is 11.0. The van der Waals surface area contributed by atoms with Crippen molar-refractivity contribution >= 4 is 15.7 Å². The lowest BCUT2D eigenvalue weighted by Gasteiger charge is -2.15. The molecule has 21 heavy (non-hydrogen) atoms. The van der Waals surface area contributed by atoms with E-state index >= 15 is 0 Å². The normalized spacial score (nSPS) is 22.4. The average Bonchev–Trinajstić information content (AvgIpc) is 2.81. The molecule has 2 atom stereocenters. The molecule has 9 heteroatoms. The maximum absolute atomic E-state index is 13.0. The molecule has 0 amide bonds. The zero-order chi connectivity index (χ0) is 15.6. The number of nitro benzene ring substituents is 1. The first-order valence-corrected chi connectivity index (χ1v) is 7.91. The van der Waals surface area contributed by atoms with Crippen LogP contribution in [0.1, 0.15) is 19.3 Å². The Labute approximate surface area is 121 Å². The lowest BCUT2D eigenvalue weighted by atomic mass is 10.1. The van der Waals surface area contributed by atoms with Crippen molar-refractivity contribution in [1.29, 1.82) is 0 Å². The fraction of sp³-hybridized carbons (Fsp3) is 0.500. The maximum Gasteiger partial charge on any atom is 0.292 e. The molecule has 1 aliphatic carbocycles. The van der Waals surface area contributed by atoms with Gasteiger partial charge in [0.25, 0.3) is 5.69 Å². The Kier molecular flexibility index (Phi) is 4.55. The molecule has 116 valence electrons. The van der Waals surface area contributed by atoms with Crippen LogP contribution in [0.5, 0.6) is 0 Å². The van der Waals surface area contributed by atoms with Crippen LogP contribution < -0.4 is 4.72 Å². The summed E-state index contributed by atoms with van der Waals surface area (Å²) in [6.07, 6.45) is 1.54. The smallest absolute Gasteiger partial charge is 0.292 e. The van der Waals surface area contributed by atoms with Crippen molar-refractivity contribution in [3.8, 4) is 0 Å². The van der Waals surface area contributed by atoms with E-state index in [1.54, 1.807) is 0 Å². The Morgan fingerprint density at radius 1 is 1.43 bits per heavy atom. The van der Waals surface area contributed by atoms with Gasteiger partial charge in [0, 0.05) is 6.54 Å². The minimum atomic E-state index is -4.13. The van der Waals surface area contributed by atoms with E-state index in [1.807, 2.05) is 0 Å². The number of hydrogen-bond acceptors (Lipinski definition) is 5. The van der Waals surface area contributed by atoms with Crippen LogP contribution >= 0.6 is 0 Å². The topological polar surface area (TPSA) is 110 Å². The summed E-state index contributed by atoms with van der Waals surface area (Å²) in [7, 11) is -4.13. The van der Waals surface area contributed by atoms with Crippen LogP contribution in [0.4, 0.5) is 10.1 Å². The van der Waals surface area contributed by atoms with Crippen LogP contribution in [-0.4, -0.2) is 31.1 Å².